The minimum absolute atomic E-state index is 0.0212. The number of aromatic amines is 1. The molecular weight excluding hydrogens is 374 g/mol. The SMILES string of the molecule is O=C1c2[nH]cnc2NC(=C=S)N1Cc1ccc(Cl)cc1C1COCCN1. The van der Waals surface area contributed by atoms with E-state index in [9.17, 15) is 4.79 Å². The monoisotopic (exact) mass is 389 g/mol. The van der Waals surface area contributed by atoms with E-state index < -0.39 is 0 Å². The van der Waals surface area contributed by atoms with Crippen molar-refractivity contribution in [2.45, 2.75) is 12.6 Å². The van der Waals surface area contributed by atoms with Crippen molar-refractivity contribution in [3.63, 3.8) is 0 Å². The summed E-state index contributed by atoms with van der Waals surface area (Å²) >= 11 is 11.2. The van der Waals surface area contributed by atoms with Crippen LogP contribution >= 0.6 is 23.8 Å². The molecule has 3 N–H and O–H groups in total. The van der Waals surface area contributed by atoms with Crippen LogP contribution in [0.3, 0.4) is 0 Å². The first-order valence-electron chi connectivity index (χ1n) is 8.14. The number of fused-ring (bicyclic) bond motifs is 1. The van der Waals surface area contributed by atoms with Crippen LogP contribution in [0.2, 0.25) is 5.02 Å². The second-order valence-electron chi connectivity index (χ2n) is 6.02. The number of morpholine rings is 1. The molecule has 1 saturated heterocycles. The van der Waals surface area contributed by atoms with Crippen molar-refractivity contribution in [2.75, 3.05) is 25.1 Å². The van der Waals surface area contributed by atoms with Crippen LogP contribution < -0.4 is 10.6 Å². The van der Waals surface area contributed by atoms with Gasteiger partial charge in [-0.25, -0.2) is 4.98 Å². The second kappa shape index (κ2) is 7.19. The van der Waals surface area contributed by atoms with Crippen molar-refractivity contribution in [3.8, 4) is 0 Å². The number of imidazole rings is 1. The number of nitrogens with zero attached hydrogens (tertiary/aromatic N) is 2. The van der Waals surface area contributed by atoms with Crippen LogP contribution in [0.15, 0.2) is 30.3 Å². The molecule has 2 aromatic rings. The molecule has 0 radical (unpaired) electrons. The lowest BCUT2D eigenvalue weighted by atomic mass is 9.99. The van der Waals surface area contributed by atoms with E-state index >= 15 is 0 Å². The van der Waals surface area contributed by atoms with Gasteiger partial charge in [-0.1, -0.05) is 17.7 Å². The molecule has 26 heavy (non-hydrogen) atoms. The molecule has 1 aromatic heterocycles. The molecule has 134 valence electrons. The maximum absolute atomic E-state index is 12.8. The van der Waals surface area contributed by atoms with Gasteiger partial charge < -0.3 is 20.4 Å². The van der Waals surface area contributed by atoms with Crippen LogP contribution in [0.4, 0.5) is 5.82 Å². The summed E-state index contributed by atoms with van der Waals surface area (Å²) in [5.41, 5.74) is 2.36. The van der Waals surface area contributed by atoms with Crippen molar-refractivity contribution >= 4 is 40.6 Å². The first-order valence-corrected chi connectivity index (χ1v) is 8.93. The van der Waals surface area contributed by atoms with Crippen molar-refractivity contribution in [3.05, 3.63) is 52.2 Å². The molecule has 4 rings (SSSR count). The Balaban J connectivity index is 1.68. The van der Waals surface area contributed by atoms with E-state index in [0.717, 1.165) is 17.7 Å². The minimum Gasteiger partial charge on any atom is -0.378 e. The standard InChI is InChI=1S/C17H16ClN5O2S/c18-11-2-1-10(12(5-11)13-7-25-4-3-19-13)6-23-14(8-26)22-16-15(17(23)24)20-9-21-16/h1-2,5,9,13,19,22H,3-4,6-7H2,(H,20,21). The first-order chi connectivity index (χ1) is 12.7. The number of thiocarbonyl (C=S) groups is 1. The Labute approximate surface area is 160 Å². The molecule has 0 bridgehead atoms. The highest BCUT2D eigenvalue weighted by Gasteiger charge is 2.31. The smallest absolute Gasteiger partial charge is 0.280 e. The molecule has 3 heterocycles. The Morgan fingerprint density at radius 1 is 1.46 bits per heavy atom. The Kier molecular flexibility index (Phi) is 4.76. The minimum atomic E-state index is -0.211. The lowest BCUT2D eigenvalue weighted by Gasteiger charge is -2.31. The predicted octanol–water partition coefficient (Wildman–Crippen LogP) is 2.23. The maximum Gasteiger partial charge on any atom is 0.280 e. The molecule has 2 aliphatic heterocycles. The fraction of sp³-hybridized carbons (Fsp3) is 0.294. The number of hydrogen-bond acceptors (Lipinski definition) is 6. The van der Waals surface area contributed by atoms with Gasteiger partial charge in [-0.3, -0.25) is 9.69 Å². The predicted molar refractivity (Wildman–Crippen MR) is 101 cm³/mol. The number of hydrogen-bond donors (Lipinski definition) is 3. The van der Waals surface area contributed by atoms with Crippen LogP contribution in [-0.2, 0) is 11.3 Å². The summed E-state index contributed by atoms with van der Waals surface area (Å²) in [5.74, 6) is 0.646. The van der Waals surface area contributed by atoms with Crippen molar-refractivity contribution in [1.29, 1.82) is 0 Å². The van der Waals surface area contributed by atoms with Crippen LogP contribution in [0.5, 0.6) is 0 Å². The Bertz CT molecular complexity index is 902. The van der Waals surface area contributed by atoms with Gasteiger partial charge in [0.25, 0.3) is 5.91 Å². The molecular formula is C17H16ClN5O2S. The molecule has 1 unspecified atom stereocenters. The van der Waals surface area contributed by atoms with Gasteiger partial charge in [-0.05, 0) is 40.5 Å². The van der Waals surface area contributed by atoms with E-state index in [1.807, 2.05) is 18.2 Å². The fourth-order valence-electron chi connectivity index (χ4n) is 3.17. The summed E-state index contributed by atoms with van der Waals surface area (Å²) in [7, 11) is 0. The van der Waals surface area contributed by atoms with Gasteiger partial charge in [0.1, 0.15) is 5.69 Å². The third-order valence-corrected chi connectivity index (χ3v) is 4.86. The van der Waals surface area contributed by atoms with Gasteiger partial charge in [-0.2, -0.15) is 0 Å². The molecule has 2 aliphatic rings. The topological polar surface area (TPSA) is 82.3 Å². The van der Waals surface area contributed by atoms with Gasteiger partial charge in [0.05, 0.1) is 32.1 Å². The van der Waals surface area contributed by atoms with Gasteiger partial charge in [0.15, 0.2) is 11.6 Å². The average Bonchev–Trinajstić information content (AvgIpc) is 3.14. The van der Waals surface area contributed by atoms with Crippen LogP contribution in [0.25, 0.3) is 0 Å². The molecule has 9 heteroatoms. The van der Waals surface area contributed by atoms with E-state index in [4.69, 9.17) is 28.6 Å². The molecule has 1 fully saturated rings. The number of benzene rings is 1. The number of rotatable bonds is 3. The maximum atomic E-state index is 12.8. The Morgan fingerprint density at radius 2 is 2.35 bits per heavy atom. The zero-order chi connectivity index (χ0) is 18.1. The number of H-pyrrole nitrogens is 1. The molecule has 1 atom stereocenters. The van der Waals surface area contributed by atoms with E-state index in [-0.39, 0.29) is 11.9 Å². The van der Waals surface area contributed by atoms with E-state index in [2.05, 4.69) is 25.6 Å². The molecule has 0 aliphatic carbocycles. The van der Waals surface area contributed by atoms with Crippen LogP contribution in [0, 0.1) is 0 Å². The van der Waals surface area contributed by atoms with Crippen LogP contribution in [0.1, 0.15) is 27.7 Å². The van der Waals surface area contributed by atoms with Crippen molar-refractivity contribution in [1.82, 2.24) is 20.2 Å². The number of amides is 1. The van der Waals surface area contributed by atoms with E-state index in [1.165, 1.54) is 6.33 Å². The number of anilines is 1. The zero-order valence-electron chi connectivity index (χ0n) is 13.7. The van der Waals surface area contributed by atoms with Gasteiger partial charge in [0.2, 0.25) is 0 Å². The Morgan fingerprint density at radius 3 is 3.12 bits per heavy atom. The first kappa shape index (κ1) is 17.2. The number of carbonyl (C=O) groups excluding carboxylic acids is 1. The van der Waals surface area contributed by atoms with Crippen molar-refractivity contribution < 1.29 is 9.53 Å². The summed E-state index contributed by atoms with van der Waals surface area (Å²) < 4.78 is 5.57. The lowest BCUT2D eigenvalue weighted by molar-refractivity contribution is 0.0752. The molecule has 0 spiro atoms. The number of carbonyl (C=O) groups is 1. The number of aromatic nitrogens is 2. The summed E-state index contributed by atoms with van der Waals surface area (Å²) in [5, 5.41) is 9.72. The highest BCUT2D eigenvalue weighted by molar-refractivity contribution is 7.78. The summed E-state index contributed by atoms with van der Waals surface area (Å²) in [6, 6.07) is 5.67. The Hall–Kier alpha value is -2.22. The fourth-order valence-corrected chi connectivity index (χ4v) is 3.51. The molecule has 1 aromatic carbocycles. The summed E-state index contributed by atoms with van der Waals surface area (Å²) in [6.07, 6.45) is 1.47. The quantitative estimate of drug-likeness (QED) is 0.698. The lowest BCUT2D eigenvalue weighted by Crippen LogP contribution is -2.39. The van der Waals surface area contributed by atoms with Crippen molar-refractivity contribution in [2.24, 2.45) is 0 Å². The number of ether oxygens (including phenoxy) is 1. The molecule has 1 amide bonds. The number of nitrogens with one attached hydrogen (secondary N) is 3. The third-order valence-electron chi connectivity index (χ3n) is 4.44. The van der Waals surface area contributed by atoms with E-state index in [0.29, 0.717) is 42.1 Å². The zero-order valence-corrected chi connectivity index (χ0v) is 15.3. The third kappa shape index (κ3) is 3.13. The normalized spacial score (nSPS) is 19.7. The number of halogens is 1. The van der Waals surface area contributed by atoms with Gasteiger partial charge in [-0.15, -0.1) is 0 Å². The van der Waals surface area contributed by atoms with Crippen LogP contribution in [-0.4, -0.2) is 45.6 Å². The van der Waals surface area contributed by atoms with E-state index in [1.54, 1.807) is 4.90 Å². The molecule has 0 saturated carbocycles. The summed E-state index contributed by atoms with van der Waals surface area (Å²) in [6.45, 7) is 2.33. The highest BCUT2D eigenvalue weighted by atomic mass is 35.5. The summed E-state index contributed by atoms with van der Waals surface area (Å²) in [4.78, 5) is 21.3. The molecule has 7 nitrogen and oxygen atoms in total. The van der Waals surface area contributed by atoms with Gasteiger partial charge in [0, 0.05) is 11.6 Å². The largest absolute Gasteiger partial charge is 0.378 e. The highest BCUT2D eigenvalue weighted by Crippen LogP contribution is 2.29. The average molecular weight is 390 g/mol. The van der Waals surface area contributed by atoms with Gasteiger partial charge >= 0.3 is 0 Å². The second-order valence-corrected chi connectivity index (χ2v) is 6.66.